The van der Waals surface area contributed by atoms with Gasteiger partial charge in [-0.25, -0.2) is 9.48 Å². The average molecular weight is 328 g/mol. The lowest BCUT2D eigenvalue weighted by molar-refractivity contribution is 0.0691. The lowest BCUT2D eigenvalue weighted by Crippen LogP contribution is -2.33. The maximum atomic E-state index is 12.1. The van der Waals surface area contributed by atoms with Crippen LogP contribution in [0.5, 0.6) is 0 Å². The molecule has 0 bridgehead atoms. The Morgan fingerprint density at radius 1 is 1.17 bits per heavy atom. The molecule has 2 fully saturated rings. The van der Waals surface area contributed by atoms with Gasteiger partial charge in [0.1, 0.15) is 12.3 Å². The van der Waals surface area contributed by atoms with Crippen molar-refractivity contribution in [1.82, 2.24) is 15.0 Å². The highest BCUT2D eigenvalue weighted by Gasteiger charge is 2.35. The molecule has 2 aliphatic rings. The van der Waals surface area contributed by atoms with Crippen LogP contribution >= 0.6 is 0 Å². The fourth-order valence-corrected chi connectivity index (χ4v) is 3.51. The predicted molar refractivity (Wildman–Crippen MR) is 87.7 cm³/mol. The lowest BCUT2D eigenvalue weighted by Gasteiger charge is -2.29. The molecule has 2 aromatic rings. The van der Waals surface area contributed by atoms with Crippen LogP contribution in [0.2, 0.25) is 0 Å². The van der Waals surface area contributed by atoms with Crippen LogP contribution in [0.4, 0.5) is 10.6 Å². The van der Waals surface area contributed by atoms with Crippen LogP contribution < -0.4 is 4.90 Å². The third-order valence-electron chi connectivity index (χ3n) is 4.74. The van der Waals surface area contributed by atoms with E-state index in [9.17, 15) is 9.90 Å². The minimum absolute atomic E-state index is 0.160. The Balaban J connectivity index is 1.82. The third-order valence-corrected chi connectivity index (χ3v) is 4.74. The summed E-state index contributed by atoms with van der Waals surface area (Å²) in [6.07, 6.45) is 2.76. The number of hydrogen-bond donors (Lipinski definition) is 1. The van der Waals surface area contributed by atoms with Crippen LogP contribution in [-0.4, -0.2) is 45.4 Å². The SMILES string of the molecule is O=C1OCCN1c1c(-c2ccccc2)nnn1[C@@H]1CCCC[C@H]1O. The number of carbonyl (C=O) groups excluding carboxylic acids is 1. The Morgan fingerprint density at radius 2 is 1.96 bits per heavy atom. The van der Waals surface area contributed by atoms with Gasteiger partial charge < -0.3 is 9.84 Å². The van der Waals surface area contributed by atoms with Gasteiger partial charge in [0.05, 0.1) is 18.7 Å². The largest absolute Gasteiger partial charge is 0.447 e. The van der Waals surface area contributed by atoms with Gasteiger partial charge in [-0.3, -0.25) is 4.90 Å². The molecule has 7 heteroatoms. The zero-order valence-electron chi connectivity index (χ0n) is 13.3. The summed E-state index contributed by atoms with van der Waals surface area (Å²) in [4.78, 5) is 13.7. The van der Waals surface area contributed by atoms with Crippen LogP contribution in [-0.2, 0) is 4.74 Å². The molecule has 1 aromatic heterocycles. The zero-order valence-corrected chi connectivity index (χ0v) is 13.3. The van der Waals surface area contributed by atoms with Gasteiger partial charge in [-0.1, -0.05) is 48.4 Å². The molecule has 1 amide bonds. The van der Waals surface area contributed by atoms with Gasteiger partial charge in [0, 0.05) is 5.56 Å². The van der Waals surface area contributed by atoms with Crippen LogP contribution in [0.3, 0.4) is 0 Å². The number of hydrogen-bond acceptors (Lipinski definition) is 5. The molecular weight excluding hydrogens is 308 g/mol. The van der Waals surface area contributed by atoms with Crippen molar-refractivity contribution in [3.05, 3.63) is 30.3 Å². The maximum Gasteiger partial charge on any atom is 0.415 e. The van der Waals surface area contributed by atoms with Gasteiger partial charge in [0.15, 0.2) is 5.82 Å². The van der Waals surface area contributed by atoms with Crippen molar-refractivity contribution in [2.24, 2.45) is 0 Å². The molecule has 0 spiro atoms. The van der Waals surface area contributed by atoms with Crippen LogP contribution in [0.25, 0.3) is 11.3 Å². The van der Waals surface area contributed by atoms with E-state index in [1.165, 1.54) is 0 Å². The monoisotopic (exact) mass is 328 g/mol. The highest BCUT2D eigenvalue weighted by Crippen LogP contribution is 2.37. The topological polar surface area (TPSA) is 80.5 Å². The molecule has 1 N–H and O–H groups in total. The number of anilines is 1. The summed E-state index contributed by atoms with van der Waals surface area (Å²) >= 11 is 0. The first-order valence-electron chi connectivity index (χ1n) is 8.38. The number of benzene rings is 1. The Labute approximate surface area is 139 Å². The maximum absolute atomic E-state index is 12.1. The fourth-order valence-electron chi connectivity index (χ4n) is 3.51. The molecule has 2 atom stereocenters. The molecule has 1 saturated heterocycles. The first kappa shape index (κ1) is 15.1. The van der Waals surface area contributed by atoms with Gasteiger partial charge in [-0.15, -0.1) is 5.10 Å². The highest BCUT2D eigenvalue weighted by molar-refractivity contribution is 5.92. The molecule has 7 nitrogen and oxygen atoms in total. The van der Waals surface area contributed by atoms with Gasteiger partial charge in [-0.05, 0) is 12.8 Å². The van der Waals surface area contributed by atoms with Crippen molar-refractivity contribution < 1.29 is 14.6 Å². The minimum atomic E-state index is -0.471. The Kier molecular flexibility index (Phi) is 3.93. The fraction of sp³-hybridized carbons (Fsp3) is 0.471. The Bertz CT molecular complexity index is 731. The van der Waals surface area contributed by atoms with Gasteiger partial charge in [0.25, 0.3) is 0 Å². The van der Waals surface area contributed by atoms with Crippen molar-refractivity contribution in [2.45, 2.75) is 37.8 Å². The van der Waals surface area contributed by atoms with Gasteiger partial charge in [0.2, 0.25) is 0 Å². The van der Waals surface area contributed by atoms with E-state index in [0.717, 1.165) is 31.2 Å². The van der Waals surface area contributed by atoms with Gasteiger partial charge >= 0.3 is 6.09 Å². The summed E-state index contributed by atoms with van der Waals surface area (Å²) < 4.78 is 6.83. The van der Waals surface area contributed by atoms with E-state index in [0.29, 0.717) is 24.7 Å². The van der Waals surface area contributed by atoms with E-state index >= 15 is 0 Å². The molecule has 0 unspecified atom stereocenters. The molecule has 1 aliphatic heterocycles. The number of rotatable bonds is 3. The number of aromatic nitrogens is 3. The normalized spacial score (nSPS) is 24.2. The molecule has 1 saturated carbocycles. The number of nitrogens with zero attached hydrogens (tertiary/aromatic N) is 4. The van der Waals surface area contributed by atoms with Crippen LogP contribution in [0.1, 0.15) is 31.7 Å². The summed E-state index contributed by atoms with van der Waals surface area (Å²) in [5.74, 6) is 0.620. The zero-order chi connectivity index (χ0) is 16.5. The molecule has 0 radical (unpaired) electrons. The number of ether oxygens (including phenoxy) is 1. The number of aliphatic hydroxyl groups is 1. The van der Waals surface area contributed by atoms with Crippen molar-refractivity contribution in [3.63, 3.8) is 0 Å². The van der Waals surface area contributed by atoms with Crippen molar-refractivity contribution in [3.8, 4) is 11.3 Å². The first-order chi connectivity index (χ1) is 11.8. The third kappa shape index (κ3) is 2.54. The summed E-state index contributed by atoms with van der Waals surface area (Å²) in [6, 6.07) is 9.51. The molecule has 1 aromatic carbocycles. The van der Waals surface area contributed by atoms with Gasteiger partial charge in [-0.2, -0.15) is 0 Å². The second-order valence-electron chi connectivity index (χ2n) is 6.26. The van der Waals surface area contributed by atoms with E-state index in [2.05, 4.69) is 10.3 Å². The quantitative estimate of drug-likeness (QED) is 0.935. The molecule has 126 valence electrons. The van der Waals surface area contributed by atoms with E-state index in [-0.39, 0.29) is 12.1 Å². The second-order valence-corrected chi connectivity index (χ2v) is 6.26. The van der Waals surface area contributed by atoms with Crippen LogP contribution in [0.15, 0.2) is 30.3 Å². The summed E-state index contributed by atoms with van der Waals surface area (Å²) in [6.45, 7) is 0.820. The minimum Gasteiger partial charge on any atom is -0.447 e. The molecular formula is C17H20N4O3. The highest BCUT2D eigenvalue weighted by atomic mass is 16.6. The molecule has 4 rings (SSSR count). The molecule has 1 aliphatic carbocycles. The van der Waals surface area contributed by atoms with E-state index in [1.807, 2.05) is 30.3 Å². The number of aliphatic hydroxyl groups excluding tert-OH is 1. The molecule has 2 heterocycles. The first-order valence-corrected chi connectivity index (χ1v) is 8.38. The second kappa shape index (κ2) is 6.24. The number of carbonyl (C=O) groups is 1. The van der Waals surface area contributed by atoms with E-state index in [1.54, 1.807) is 9.58 Å². The smallest absolute Gasteiger partial charge is 0.415 e. The number of cyclic esters (lactones) is 1. The predicted octanol–water partition coefficient (Wildman–Crippen LogP) is 2.38. The van der Waals surface area contributed by atoms with Crippen molar-refractivity contribution >= 4 is 11.9 Å². The van der Waals surface area contributed by atoms with Crippen molar-refractivity contribution in [2.75, 3.05) is 18.1 Å². The van der Waals surface area contributed by atoms with Crippen molar-refractivity contribution in [1.29, 1.82) is 0 Å². The summed E-state index contributed by atoms with van der Waals surface area (Å²) in [7, 11) is 0. The standard InChI is InChI=1S/C17H20N4O3/c22-14-9-5-4-8-13(14)21-16(20-10-11-24-17(20)23)15(18-19-21)12-6-2-1-3-7-12/h1-3,6-7,13-14,22H,4-5,8-11H2/t13-,14-/m1/s1. The Morgan fingerprint density at radius 3 is 2.67 bits per heavy atom. The summed E-state index contributed by atoms with van der Waals surface area (Å²) in [5, 5.41) is 19.0. The van der Waals surface area contributed by atoms with Crippen LogP contribution in [0, 0.1) is 0 Å². The average Bonchev–Trinajstić information content (AvgIpc) is 3.22. The van der Waals surface area contributed by atoms with E-state index in [4.69, 9.17) is 4.74 Å². The number of amides is 1. The lowest BCUT2D eigenvalue weighted by atomic mass is 9.92. The molecule has 24 heavy (non-hydrogen) atoms. The van der Waals surface area contributed by atoms with E-state index < -0.39 is 6.10 Å². The summed E-state index contributed by atoms with van der Waals surface area (Å²) in [5.41, 5.74) is 1.54. The Hall–Kier alpha value is -2.41.